The van der Waals surface area contributed by atoms with Crippen LogP contribution in [0.1, 0.15) is 59.9 Å². The summed E-state index contributed by atoms with van der Waals surface area (Å²) in [7, 11) is 0. The molecule has 13 heteroatoms. The molecule has 1 amide bonds. The van der Waals surface area contributed by atoms with E-state index in [1.54, 1.807) is 58.0 Å². The maximum atomic E-state index is 13.8. The van der Waals surface area contributed by atoms with Crippen molar-refractivity contribution in [2.75, 3.05) is 11.9 Å². The molecule has 4 aromatic heterocycles. The van der Waals surface area contributed by atoms with Crippen LogP contribution in [0.3, 0.4) is 0 Å². The zero-order chi connectivity index (χ0) is 28.8. The lowest BCUT2D eigenvalue weighted by molar-refractivity contribution is -0.142. The molecule has 4 heterocycles. The second-order valence-corrected chi connectivity index (χ2v) is 9.95. The number of amides is 1. The van der Waals surface area contributed by atoms with Crippen molar-refractivity contribution in [2.45, 2.75) is 39.3 Å². The van der Waals surface area contributed by atoms with Gasteiger partial charge >= 0.3 is 12.1 Å². The zero-order valence-electron chi connectivity index (χ0n) is 21.9. The molecule has 0 fully saturated rings. The summed E-state index contributed by atoms with van der Waals surface area (Å²) in [6, 6.07) is 10.6. The number of hydrogen-bond acceptors (Lipinski definition) is 7. The maximum Gasteiger partial charge on any atom is 0.433 e. The van der Waals surface area contributed by atoms with E-state index in [0.29, 0.717) is 27.1 Å². The van der Waals surface area contributed by atoms with Crippen molar-refractivity contribution in [2.24, 2.45) is 0 Å². The zero-order valence-corrected chi connectivity index (χ0v) is 21.9. The number of carbonyl (C=O) groups excluding carboxylic acids is 2. The Kier molecular flexibility index (Phi) is 6.52. The molecule has 40 heavy (non-hydrogen) atoms. The molecule has 0 saturated heterocycles. The average molecular weight is 552 g/mol. The molecule has 10 nitrogen and oxygen atoms in total. The number of rotatable bonds is 5. The van der Waals surface area contributed by atoms with Crippen LogP contribution in [-0.2, 0) is 16.3 Å². The first-order valence-corrected chi connectivity index (χ1v) is 12.3. The smallest absolute Gasteiger partial charge is 0.433 e. The van der Waals surface area contributed by atoms with Crippen molar-refractivity contribution in [1.82, 2.24) is 29.2 Å². The Bertz CT molecular complexity index is 1770. The molecule has 0 aliphatic carbocycles. The Hall–Kier alpha value is -4.81. The molecule has 0 aliphatic heterocycles. The monoisotopic (exact) mass is 551 g/mol. The molecule has 1 N–H and O–H groups in total. The van der Waals surface area contributed by atoms with E-state index < -0.39 is 29.2 Å². The van der Waals surface area contributed by atoms with Gasteiger partial charge in [-0.1, -0.05) is 32.9 Å². The van der Waals surface area contributed by atoms with E-state index in [1.165, 1.54) is 23.0 Å². The topological polar surface area (TPSA) is 116 Å². The highest BCUT2D eigenvalue weighted by Gasteiger charge is 2.36. The van der Waals surface area contributed by atoms with Gasteiger partial charge in [0.25, 0.3) is 5.91 Å². The third-order valence-corrected chi connectivity index (χ3v) is 6.03. The van der Waals surface area contributed by atoms with Gasteiger partial charge in [-0.3, -0.25) is 4.79 Å². The third-order valence-electron chi connectivity index (χ3n) is 6.03. The van der Waals surface area contributed by atoms with Gasteiger partial charge in [-0.05, 0) is 31.2 Å². The van der Waals surface area contributed by atoms with Gasteiger partial charge in [0, 0.05) is 28.9 Å². The fourth-order valence-corrected chi connectivity index (χ4v) is 4.09. The molecular formula is C27H24F3N7O3. The van der Waals surface area contributed by atoms with Gasteiger partial charge in [0.15, 0.2) is 17.0 Å². The quantitative estimate of drug-likeness (QED) is 0.299. The molecule has 0 unspecified atom stereocenters. The van der Waals surface area contributed by atoms with Crippen molar-refractivity contribution < 1.29 is 27.5 Å². The van der Waals surface area contributed by atoms with E-state index in [1.807, 2.05) is 0 Å². The first kappa shape index (κ1) is 26.8. The summed E-state index contributed by atoms with van der Waals surface area (Å²) in [6.45, 7) is 7.15. The van der Waals surface area contributed by atoms with Crippen LogP contribution in [0.15, 0.2) is 54.9 Å². The Morgan fingerprint density at radius 1 is 1.05 bits per heavy atom. The molecule has 0 bridgehead atoms. The number of nitrogens with zero attached hydrogens (tertiary/aromatic N) is 6. The molecular weight excluding hydrogens is 527 g/mol. The van der Waals surface area contributed by atoms with Gasteiger partial charge in [0.1, 0.15) is 11.3 Å². The molecule has 0 saturated carbocycles. The highest BCUT2D eigenvalue weighted by molar-refractivity contribution is 6.03. The van der Waals surface area contributed by atoms with Crippen LogP contribution in [0.4, 0.5) is 18.9 Å². The molecule has 5 rings (SSSR count). The van der Waals surface area contributed by atoms with E-state index in [4.69, 9.17) is 4.74 Å². The van der Waals surface area contributed by atoms with Gasteiger partial charge in [-0.15, -0.1) is 0 Å². The number of carbonyl (C=O) groups is 2. The second-order valence-electron chi connectivity index (χ2n) is 9.95. The standard InChI is InChI=1S/C27H24F3N7O3/c1-5-40-25(39)17-14-32-36-19(9-10-31-23(17)36)15-7-6-8-16(11-15)33-24(38)18-12-22-34-20(26(2,3)4)13-21(27(28,29)30)37(22)35-18/h6-14H,5H2,1-4H3,(H,33,38). The summed E-state index contributed by atoms with van der Waals surface area (Å²) in [4.78, 5) is 33.9. The number of alkyl halides is 3. The second kappa shape index (κ2) is 9.74. The third kappa shape index (κ3) is 4.97. The van der Waals surface area contributed by atoms with Crippen molar-refractivity contribution in [1.29, 1.82) is 0 Å². The molecule has 0 radical (unpaired) electrons. The lowest BCUT2D eigenvalue weighted by atomic mass is 9.91. The first-order valence-electron chi connectivity index (χ1n) is 12.3. The number of ether oxygens (including phenoxy) is 1. The van der Waals surface area contributed by atoms with Crippen molar-refractivity contribution in [3.63, 3.8) is 0 Å². The minimum atomic E-state index is -4.70. The van der Waals surface area contributed by atoms with E-state index in [9.17, 15) is 22.8 Å². The normalized spacial score (nSPS) is 12.2. The van der Waals surface area contributed by atoms with Crippen LogP contribution >= 0.6 is 0 Å². The predicted octanol–water partition coefficient (Wildman–Crippen LogP) is 5.18. The van der Waals surface area contributed by atoms with Crippen LogP contribution in [-0.4, -0.2) is 47.7 Å². The van der Waals surface area contributed by atoms with Crippen LogP contribution in [0.5, 0.6) is 0 Å². The number of anilines is 1. The predicted molar refractivity (Wildman–Crippen MR) is 139 cm³/mol. The summed E-state index contributed by atoms with van der Waals surface area (Å²) in [5.41, 5.74) is 0.319. The molecule has 0 atom stereocenters. The summed E-state index contributed by atoms with van der Waals surface area (Å²) >= 11 is 0. The molecule has 1 aromatic carbocycles. The molecule has 5 aromatic rings. The van der Waals surface area contributed by atoms with Gasteiger partial charge in [0.2, 0.25) is 0 Å². The minimum absolute atomic E-state index is 0.0890. The number of aromatic nitrogens is 6. The molecule has 0 spiro atoms. The SMILES string of the molecule is CCOC(=O)c1cnn2c(-c3cccc(NC(=O)c4cc5nc(C(C)(C)C)cc(C(F)(F)F)n5n4)c3)ccnc12. The number of nitrogens with one attached hydrogen (secondary N) is 1. The number of benzene rings is 1. The van der Waals surface area contributed by atoms with Gasteiger partial charge in [0.05, 0.1) is 24.2 Å². The number of esters is 1. The summed E-state index contributed by atoms with van der Waals surface area (Å²) in [5.74, 6) is -1.26. The molecule has 206 valence electrons. The Balaban J connectivity index is 1.47. The summed E-state index contributed by atoms with van der Waals surface area (Å²) < 4.78 is 48.6. The fraction of sp³-hybridized carbons (Fsp3) is 0.259. The summed E-state index contributed by atoms with van der Waals surface area (Å²) in [5, 5.41) is 10.9. The van der Waals surface area contributed by atoms with Crippen LogP contribution < -0.4 is 5.32 Å². The van der Waals surface area contributed by atoms with Crippen LogP contribution in [0.25, 0.3) is 22.6 Å². The van der Waals surface area contributed by atoms with E-state index >= 15 is 0 Å². The molecule has 0 aliphatic rings. The van der Waals surface area contributed by atoms with Gasteiger partial charge < -0.3 is 10.1 Å². The Labute approximate surface area is 225 Å². The minimum Gasteiger partial charge on any atom is -0.462 e. The number of hydrogen-bond donors (Lipinski definition) is 1. The van der Waals surface area contributed by atoms with E-state index in [-0.39, 0.29) is 29.2 Å². The van der Waals surface area contributed by atoms with Crippen molar-refractivity contribution in [3.8, 4) is 11.3 Å². The van der Waals surface area contributed by atoms with E-state index in [2.05, 4.69) is 25.5 Å². The lowest BCUT2D eigenvalue weighted by Crippen LogP contribution is -2.20. The maximum absolute atomic E-state index is 13.8. The summed E-state index contributed by atoms with van der Waals surface area (Å²) in [6.07, 6.45) is -1.81. The number of fused-ring (bicyclic) bond motifs is 2. The van der Waals surface area contributed by atoms with Crippen LogP contribution in [0.2, 0.25) is 0 Å². The highest BCUT2D eigenvalue weighted by atomic mass is 19.4. The highest BCUT2D eigenvalue weighted by Crippen LogP contribution is 2.33. The van der Waals surface area contributed by atoms with Gasteiger partial charge in [-0.25, -0.2) is 23.8 Å². The van der Waals surface area contributed by atoms with Crippen LogP contribution in [0, 0.1) is 0 Å². The van der Waals surface area contributed by atoms with Crippen molar-refractivity contribution in [3.05, 3.63) is 77.5 Å². The number of halogens is 3. The average Bonchev–Trinajstić information content (AvgIpc) is 3.52. The Morgan fingerprint density at radius 3 is 2.52 bits per heavy atom. The first-order chi connectivity index (χ1) is 18.9. The van der Waals surface area contributed by atoms with Crippen molar-refractivity contribution >= 4 is 28.9 Å². The Morgan fingerprint density at radius 2 is 1.82 bits per heavy atom. The lowest BCUT2D eigenvalue weighted by Gasteiger charge is -2.19. The fourth-order valence-electron chi connectivity index (χ4n) is 4.09. The largest absolute Gasteiger partial charge is 0.462 e. The van der Waals surface area contributed by atoms with E-state index in [0.717, 1.165) is 6.07 Å². The van der Waals surface area contributed by atoms with Gasteiger partial charge in [-0.2, -0.15) is 23.4 Å².